The summed E-state index contributed by atoms with van der Waals surface area (Å²) in [6.45, 7) is 8.38. The van der Waals surface area contributed by atoms with Gasteiger partial charge in [-0.1, -0.05) is 13.8 Å². The minimum Gasteiger partial charge on any atom is -0.479 e. The Morgan fingerprint density at radius 1 is 1.21 bits per heavy atom. The van der Waals surface area contributed by atoms with Gasteiger partial charge in [0.1, 0.15) is 12.2 Å². The third-order valence-electron chi connectivity index (χ3n) is 3.39. The molecule has 0 saturated heterocycles. The molecule has 2 atom stereocenters. The predicted molar refractivity (Wildman–Crippen MR) is 75.7 cm³/mol. The van der Waals surface area contributed by atoms with E-state index in [-0.39, 0.29) is 11.4 Å². The Balaban J connectivity index is 2.74. The maximum Gasteiger partial charge on any atom is 0.245 e. The second-order valence-corrected chi connectivity index (χ2v) is 5.65. The average Bonchev–Trinajstić information content (AvgIpc) is 2.76. The van der Waals surface area contributed by atoms with Crippen molar-refractivity contribution >= 4 is 22.8 Å². The van der Waals surface area contributed by atoms with E-state index in [2.05, 4.69) is 40.3 Å². The molecule has 2 aromatic rings. The topological polar surface area (TPSA) is 52.8 Å². The van der Waals surface area contributed by atoms with Crippen molar-refractivity contribution in [2.75, 3.05) is 7.11 Å². The predicted octanol–water partition coefficient (Wildman–Crippen LogP) is 3.35. The van der Waals surface area contributed by atoms with Crippen LogP contribution in [0.25, 0.3) is 11.2 Å². The molecule has 0 bridgehead atoms. The molecule has 19 heavy (non-hydrogen) atoms. The van der Waals surface area contributed by atoms with Crippen LogP contribution in [0.15, 0.2) is 6.33 Å². The van der Waals surface area contributed by atoms with Gasteiger partial charge in [-0.2, -0.15) is 4.98 Å². The average molecular weight is 283 g/mol. The van der Waals surface area contributed by atoms with Gasteiger partial charge in [0.05, 0.1) is 12.5 Å². The molecule has 104 valence electrons. The maximum atomic E-state index is 6.25. The zero-order valence-electron chi connectivity index (χ0n) is 11.9. The molecular weight excluding hydrogens is 264 g/mol. The number of ether oxygens (including phenoxy) is 1. The van der Waals surface area contributed by atoms with Crippen molar-refractivity contribution in [1.82, 2.24) is 19.5 Å². The fourth-order valence-corrected chi connectivity index (χ4v) is 2.19. The highest BCUT2D eigenvalue weighted by molar-refractivity contribution is 6.20. The molecule has 5 nitrogen and oxygen atoms in total. The summed E-state index contributed by atoms with van der Waals surface area (Å²) in [5.41, 5.74) is 1.44. The number of rotatable bonds is 4. The van der Waals surface area contributed by atoms with Crippen LogP contribution in [0.3, 0.4) is 0 Å². The van der Waals surface area contributed by atoms with Crippen molar-refractivity contribution in [3.05, 3.63) is 12.2 Å². The monoisotopic (exact) mass is 282 g/mol. The van der Waals surface area contributed by atoms with E-state index in [4.69, 9.17) is 16.3 Å². The second-order valence-electron chi connectivity index (χ2n) is 5.00. The zero-order chi connectivity index (χ0) is 14.2. The Morgan fingerprint density at radius 3 is 2.42 bits per heavy atom. The van der Waals surface area contributed by atoms with Gasteiger partial charge in [0.25, 0.3) is 0 Å². The van der Waals surface area contributed by atoms with Gasteiger partial charge in [0.15, 0.2) is 11.2 Å². The molecule has 2 heterocycles. The van der Waals surface area contributed by atoms with E-state index >= 15 is 0 Å². The first-order valence-corrected chi connectivity index (χ1v) is 6.81. The molecule has 0 N–H and O–H groups in total. The van der Waals surface area contributed by atoms with Crippen LogP contribution < -0.4 is 4.74 Å². The van der Waals surface area contributed by atoms with Crippen molar-refractivity contribution in [3.63, 3.8) is 0 Å². The van der Waals surface area contributed by atoms with Crippen molar-refractivity contribution in [2.45, 2.75) is 39.1 Å². The molecule has 0 aliphatic rings. The number of hydrogen-bond donors (Lipinski definition) is 0. The first kappa shape index (κ1) is 14.1. The lowest BCUT2D eigenvalue weighted by molar-refractivity contribution is 0.399. The molecule has 0 spiro atoms. The third kappa shape index (κ3) is 2.39. The van der Waals surface area contributed by atoms with Gasteiger partial charge >= 0.3 is 0 Å². The van der Waals surface area contributed by atoms with Crippen LogP contribution in [0.5, 0.6) is 5.88 Å². The van der Waals surface area contributed by atoms with Crippen LogP contribution in [-0.2, 0) is 0 Å². The highest BCUT2D eigenvalue weighted by Gasteiger charge is 2.23. The summed E-state index contributed by atoms with van der Waals surface area (Å²) in [6, 6.07) is 0.251. The number of imidazole rings is 1. The van der Waals surface area contributed by atoms with E-state index in [1.165, 1.54) is 6.33 Å². The quantitative estimate of drug-likeness (QED) is 0.807. The van der Waals surface area contributed by atoms with Crippen LogP contribution in [0.1, 0.15) is 44.9 Å². The molecule has 0 aliphatic heterocycles. The van der Waals surface area contributed by atoms with Crippen molar-refractivity contribution < 1.29 is 4.74 Å². The van der Waals surface area contributed by atoms with E-state index in [0.717, 1.165) is 11.5 Å². The van der Waals surface area contributed by atoms with E-state index < -0.39 is 0 Å². The Kier molecular flexibility index (Phi) is 3.94. The lowest BCUT2D eigenvalue weighted by Gasteiger charge is -2.21. The molecular formula is C13H19ClN4O. The van der Waals surface area contributed by atoms with Gasteiger partial charge in [0, 0.05) is 6.04 Å². The normalized spacial score (nSPS) is 14.9. The molecule has 2 aromatic heterocycles. The van der Waals surface area contributed by atoms with Gasteiger partial charge in [-0.05, 0) is 19.8 Å². The van der Waals surface area contributed by atoms with E-state index in [1.54, 1.807) is 7.11 Å². The first-order valence-electron chi connectivity index (χ1n) is 6.38. The number of nitrogens with zero attached hydrogens (tertiary/aromatic N) is 4. The van der Waals surface area contributed by atoms with Crippen molar-refractivity contribution in [2.24, 2.45) is 5.92 Å². The Bertz CT molecular complexity index is 579. The molecule has 6 heteroatoms. The summed E-state index contributed by atoms with van der Waals surface area (Å²) in [5, 5.41) is -0.194. The van der Waals surface area contributed by atoms with Gasteiger partial charge < -0.3 is 9.30 Å². The molecule has 0 amide bonds. The molecule has 2 unspecified atom stereocenters. The van der Waals surface area contributed by atoms with E-state index in [1.807, 2.05) is 6.92 Å². The molecule has 0 fully saturated rings. The van der Waals surface area contributed by atoms with Crippen LogP contribution in [0.4, 0.5) is 0 Å². The van der Waals surface area contributed by atoms with E-state index in [0.29, 0.717) is 17.3 Å². The summed E-state index contributed by atoms with van der Waals surface area (Å²) < 4.78 is 7.33. The Morgan fingerprint density at radius 2 is 1.89 bits per heavy atom. The zero-order valence-corrected chi connectivity index (χ0v) is 12.6. The number of fused-ring (bicyclic) bond motifs is 1. The van der Waals surface area contributed by atoms with Gasteiger partial charge in [0.2, 0.25) is 5.88 Å². The molecule has 0 aliphatic carbocycles. The lowest BCUT2D eigenvalue weighted by Crippen LogP contribution is -2.15. The summed E-state index contributed by atoms with van der Waals surface area (Å²) >= 11 is 6.25. The van der Waals surface area contributed by atoms with E-state index in [9.17, 15) is 0 Å². The number of methoxy groups -OCH3 is 1. The third-order valence-corrected chi connectivity index (χ3v) is 3.59. The molecule has 0 radical (unpaired) electrons. The lowest BCUT2D eigenvalue weighted by atomic mass is 10.1. The Hall–Kier alpha value is -1.36. The minimum atomic E-state index is -0.194. The van der Waals surface area contributed by atoms with Gasteiger partial charge in [-0.25, -0.2) is 9.97 Å². The fraction of sp³-hybridized carbons (Fsp3) is 0.615. The fourth-order valence-electron chi connectivity index (χ4n) is 2.03. The number of halogens is 1. The molecule has 2 rings (SSSR count). The number of hydrogen-bond acceptors (Lipinski definition) is 4. The first-order chi connectivity index (χ1) is 8.97. The summed E-state index contributed by atoms with van der Waals surface area (Å²) in [6.07, 6.45) is 1.50. The van der Waals surface area contributed by atoms with Crippen LogP contribution in [0, 0.1) is 5.92 Å². The van der Waals surface area contributed by atoms with Crippen LogP contribution in [-0.4, -0.2) is 26.6 Å². The smallest absolute Gasteiger partial charge is 0.245 e. The van der Waals surface area contributed by atoms with Crippen molar-refractivity contribution in [1.29, 1.82) is 0 Å². The largest absolute Gasteiger partial charge is 0.479 e. The summed E-state index contributed by atoms with van der Waals surface area (Å²) in [4.78, 5) is 13.0. The highest BCUT2D eigenvalue weighted by atomic mass is 35.5. The van der Waals surface area contributed by atoms with Gasteiger partial charge in [-0.3, -0.25) is 0 Å². The van der Waals surface area contributed by atoms with Crippen LogP contribution in [0.2, 0.25) is 0 Å². The SMILES string of the molecule is COc1ncnc2c1nc(C(C)Cl)n2C(C)C(C)C. The summed E-state index contributed by atoms with van der Waals surface area (Å²) in [5.74, 6) is 1.74. The standard InChI is InChI=1S/C13H19ClN4O/c1-7(2)9(4)18-11(8(3)14)17-10-12(18)15-6-16-13(10)19-5/h6-9H,1-5H3. The highest BCUT2D eigenvalue weighted by Crippen LogP contribution is 2.32. The second kappa shape index (κ2) is 5.33. The molecule has 0 saturated carbocycles. The van der Waals surface area contributed by atoms with Gasteiger partial charge in [-0.15, -0.1) is 11.6 Å². The summed E-state index contributed by atoms with van der Waals surface area (Å²) in [7, 11) is 1.58. The number of aromatic nitrogens is 4. The Labute approximate surface area is 118 Å². The number of alkyl halides is 1. The minimum absolute atomic E-state index is 0.194. The molecule has 0 aromatic carbocycles. The maximum absolute atomic E-state index is 6.25. The van der Waals surface area contributed by atoms with Crippen molar-refractivity contribution in [3.8, 4) is 5.88 Å². The van der Waals surface area contributed by atoms with Crippen LogP contribution >= 0.6 is 11.6 Å².